The number of Topliss-reactive ketones (excluding diaryl/α,β-unsaturated/α-hetero) is 1. The van der Waals surface area contributed by atoms with Gasteiger partial charge >= 0.3 is 0 Å². The number of rotatable bonds is 8. The Labute approximate surface area is 191 Å². The SMILES string of the molecule is CCCCCN1C(=O)C(=O)/C(=C(/O)c2cc(OC)c(Cl)cc2OC)C1c1ccccc1F. The van der Waals surface area contributed by atoms with Crippen LogP contribution in [0.25, 0.3) is 5.76 Å². The van der Waals surface area contributed by atoms with Crippen molar-refractivity contribution in [1.29, 1.82) is 0 Å². The summed E-state index contributed by atoms with van der Waals surface area (Å²) in [6.45, 7) is 2.28. The number of amides is 1. The molecule has 6 nitrogen and oxygen atoms in total. The molecule has 8 heteroatoms. The van der Waals surface area contributed by atoms with Gasteiger partial charge in [0.1, 0.15) is 23.1 Å². The zero-order valence-electron chi connectivity index (χ0n) is 18.2. The highest BCUT2D eigenvalue weighted by molar-refractivity contribution is 6.46. The number of nitrogens with zero attached hydrogens (tertiary/aromatic N) is 1. The number of ketones is 1. The van der Waals surface area contributed by atoms with Gasteiger partial charge < -0.3 is 19.5 Å². The lowest BCUT2D eigenvalue weighted by molar-refractivity contribution is -0.139. The molecule has 1 N–H and O–H groups in total. The average Bonchev–Trinajstić information content (AvgIpc) is 3.03. The summed E-state index contributed by atoms with van der Waals surface area (Å²) in [5, 5.41) is 11.5. The van der Waals surface area contributed by atoms with Crippen molar-refractivity contribution >= 4 is 29.1 Å². The highest BCUT2D eigenvalue weighted by Crippen LogP contribution is 2.43. The van der Waals surface area contributed by atoms with Crippen LogP contribution in [-0.2, 0) is 9.59 Å². The number of benzene rings is 2. The van der Waals surface area contributed by atoms with Crippen LogP contribution in [0, 0.1) is 5.82 Å². The Balaban J connectivity index is 2.24. The van der Waals surface area contributed by atoms with Gasteiger partial charge in [0.15, 0.2) is 0 Å². The molecule has 170 valence electrons. The standard InChI is InChI=1S/C24H25ClFNO5/c1-4-5-8-11-27-21(14-9-6-7-10-17(14)26)20(23(29)24(27)30)22(28)15-12-19(32-3)16(25)13-18(15)31-2/h6-7,9-10,12-13,21,28H,4-5,8,11H2,1-3H3/b22-20+. The van der Waals surface area contributed by atoms with Crippen LogP contribution in [0.5, 0.6) is 11.5 Å². The van der Waals surface area contributed by atoms with Crippen LogP contribution >= 0.6 is 11.6 Å². The molecule has 0 saturated carbocycles. The summed E-state index contributed by atoms with van der Waals surface area (Å²) < 4.78 is 25.3. The van der Waals surface area contributed by atoms with Gasteiger partial charge in [0.25, 0.3) is 11.7 Å². The molecule has 1 aliphatic heterocycles. The lowest BCUT2D eigenvalue weighted by atomic mass is 9.94. The summed E-state index contributed by atoms with van der Waals surface area (Å²) in [5.74, 6) is -2.31. The zero-order valence-corrected chi connectivity index (χ0v) is 18.9. The molecule has 1 aliphatic rings. The molecule has 2 aromatic rings. The molecule has 1 saturated heterocycles. The van der Waals surface area contributed by atoms with Crippen LogP contribution < -0.4 is 9.47 Å². The highest BCUT2D eigenvalue weighted by atomic mass is 35.5. The number of carbonyl (C=O) groups is 2. The minimum absolute atomic E-state index is 0.113. The summed E-state index contributed by atoms with van der Waals surface area (Å²) in [6, 6.07) is 7.69. The van der Waals surface area contributed by atoms with Crippen molar-refractivity contribution in [3.63, 3.8) is 0 Å². The van der Waals surface area contributed by atoms with E-state index in [1.54, 1.807) is 6.07 Å². The fourth-order valence-electron chi connectivity index (χ4n) is 3.85. The summed E-state index contributed by atoms with van der Waals surface area (Å²) in [7, 11) is 2.79. The van der Waals surface area contributed by atoms with E-state index < -0.39 is 29.3 Å². The van der Waals surface area contributed by atoms with Gasteiger partial charge in [0, 0.05) is 18.2 Å². The molecule has 1 atom stereocenters. The molecular weight excluding hydrogens is 437 g/mol. The maximum absolute atomic E-state index is 14.8. The van der Waals surface area contributed by atoms with Crippen molar-refractivity contribution in [3.8, 4) is 11.5 Å². The van der Waals surface area contributed by atoms with Gasteiger partial charge in [-0.05, 0) is 18.6 Å². The molecule has 1 fully saturated rings. The first-order valence-electron chi connectivity index (χ1n) is 10.3. The van der Waals surface area contributed by atoms with E-state index in [4.69, 9.17) is 21.1 Å². The number of ether oxygens (including phenoxy) is 2. The minimum atomic E-state index is -1.07. The van der Waals surface area contributed by atoms with Crippen LogP contribution in [-0.4, -0.2) is 42.5 Å². The number of halogens is 2. The van der Waals surface area contributed by atoms with Crippen molar-refractivity contribution in [2.75, 3.05) is 20.8 Å². The molecule has 1 heterocycles. The fourth-order valence-corrected chi connectivity index (χ4v) is 4.08. The van der Waals surface area contributed by atoms with Gasteiger partial charge in [-0.1, -0.05) is 49.6 Å². The predicted molar refractivity (Wildman–Crippen MR) is 119 cm³/mol. The molecule has 1 amide bonds. The molecule has 32 heavy (non-hydrogen) atoms. The minimum Gasteiger partial charge on any atom is -0.507 e. The maximum atomic E-state index is 14.8. The highest BCUT2D eigenvalue weighted by Gasteiger charge is 2.47. The monoisotopic (exact) mass is 461 g/mol. The Kier molecular flexibility index (Phi) is 7.40. The molecule has 2 aromatic carbocycles. The number of hydrogen-bond acceptors (Lipinski definition) is 5. The summed E-state index contributed by atoms with van der Waals surface area (Å²) in [4.78, 5) is 27.3. The molecule has 0 aliphatic carbocycles. The van der Waals surface area contributed by atoms with Crippen LogP contribution in [0.3, 0.4) is 0 Å². The van der Waals surface area contributed by atoms with E-state index in [0.717, 1.165) is 12.8 Å². The lowest BCUT2D eigenvalue weighted by Crippen LogP contribution is -2.31. The summed E-state index contributed by atoms with van der Waals surface area (Å²) >= 11 is 6.15. The van der Waals surface area contributed by atoms with Crippen molar-refractivity contribution in [3.05, 3.63) is 63.9 Å². The average molecular weight is 462 g/mol. The summed E-state index contributed by atoms with van der Waals surface area (Å²) in [6.07, 6.45) is 2.40. The molecule has 1 unspecified atom stereocenters. The van der Waals surface area contributed by atoms with Gasteiger partial charge in [-0.3, -0.25) is 9.59 Å². The fraction of sp³-hybridized carbons (Fsp3) is 0.333. The number of likely N-dealkylation sites (tertiary alicyclic amines) is 1. The van der Waals surface area contributed by atoms with Crippen molar-refractivity contribution in [1.82, 2.24) is 4.90 Å². The number of methoxy groups -OCH3 is 2. The second kappa shape index (κ2) is 10.0. The smallest absolute Gasteiger partial charge is 0.295 e. The van der Waals surface area contributed by atoms with E-state index in [-0.39, 0.29) is 39.8 Å². The first-order chi connectivity index (χ1) is 15.3. The van der Waals surface area contributed by atoms with Gasteiger partial charge in [0.2, 0.25) is 0 Å². The third kappa shape index (κ3) is 4.30. The lowest BCUT2D eigenvalue weighted by Gasteiger charge is -2.25. The Bertz CT molecular complexity index is 1070. The predicted octanol–water partition coefficient (Wildman–Crippen LogP) is 5.11. The van der Waals surface area contributed by atoms with Crippen molar-refractivity contribution < 1.29 is 28.6 Å². The number of hydrogen-bond donors (Lipinski definition) is 1. The van der Waals surface area contributed by atoms with Gasteiger partial charge in [-0.25, -0.2) is 4.39 Å². The van der Waals surface area contributed by atoms with Crippen molar-refractivity contribution in [2.45, 2.75) is 32.2 Å². The number of carbonyl (C=O) groups excluding carboxylic acids is 2. The van der Waals surface area contributed by atoms with E-state index in [0.29, 0.717) is 6.42 Å². The summed E-state index contributed by atoms with van der Waals surface area (Å²) in [5.41, 5.74) is 0.0329. The molecule has 0 bridgehead atoms. The van der Waals surface area contributed by atoms with E-state index in [1.165, 1.54) is 49.5 Å². The quantitative estimate of drug-likeness (QED) is 0.256. The largest absolute Gasteiger partial charge is 0.507 e. The number of aliphatic hydroxyl groups is 1. The number of unbranched alkanes of at least 4 members (excludes halogenated alkanes) is 2. The van der Waals surface area contributed by atoms with Gasteiger partial charge in [0.05, 0.1) is 36.4 Å². The molecule has 0 aromatic heterocycles. The van der Waals surface area contributed by atoms with E-state index in [2.05, 4.69) is 0 Å². The van der Waals surface area contributed by atoms with E-state index in [1.807, 2.05) is 6.92 Å². The maximum Gasteiger partial charge on any atom is 0.295 e. The number of aliphatic hydroxyl groups excluding tert-OH is 1. The van der Waals surface area contributed by atoms with E-state index in [9.17, 15) is 19.1 Å². The van der Waals surface area contributed by atoms with Crippen LogP contribution in [0.1, 0.15) is 43.4 Å². The molecular formula is C24H25ClFNO5. The molecule has 0 radical (unpaired) electrons. The van der Waals surface area contributed by atoms with Gasteiger partial charge in [-0.15, -0.1) is 0 Å². The Hall–Kier alpha value is -3.06. The normalized spacial score (nSPS) is 17.7. The third-order valence-electron chi connectivity index (χ3n) is 5.47. The second-order valence-electron chi connectivity index (χ2n) is 7.41. The molecule has 3 rings (SSSR count). The molecule has 0 spiro atoms. The first-order valence-corrected chi connectivity index (χ1v) is 10.7. The Morgan fingerprint density at radius 1 is 1.12 bits per heavy atom. The van der Waals surface area contributed by atoms with E-state index >= 15 is 0 Å². The Morgan fingerprint density at radius 3 is 2.44 bits per heavy atom. The van der Waals surface area contributed by atoms with Crippen LogP contribution in [0.15, 0.2) is 42.0 Å². The van der Waals surface area contributed by atoms with Crippen molar-refractivity contribution in [2.24, 2.45) is 0 Å². The second-order valence-corrected chi connectivity index (χ2v) is 7.82. The third-order valence-corrected chi connectivity index (χ3v) is 5.77. The first kappa shape index (κ1) is 23.6. The van der Waals surface area contributed by atoms with Gasteiger partial charge in [-0.2, -0.15) is 0 Å². The van der Waals surface area contributed by atoms with Crippen LogP contribution in [0.4, 0.5) is 4.39 Å². The topological polar surface area (TPSA) is 76.1 Å². The Morgan fingerprint density at radius 2 is 1.81 bits per heavy atom. The van der Waals surface area contributed by atoms with Crippen LogP contribution in [0.2, 0.25) is 5.02 Å². The zero-order chi connectivity index (χ0) is 23.4.